The molecular weight excluding hydrogens is 424 g/mol. The molecule has 6 rings (SSSR count). The normalized spacial score (nSPS) is 34.9. The highest BCUT2D eigenvalue weighted by atomic mass is 16.5. The molecular formula is C29H34N2O3. The number of methoxy groups -OCH3 is 1. The predicted molar refractivity (Wildman–Crippen MR) is 132 cm³/mol. The molecule has 5 nitrogen and oxygen atoms in total. The molecule has 1 aromatic heterocycles. The Labute approximate surface area is 201 Å². The molecule has 1 aliphatic heterocycles. The molecule has 2 aromatic rings. The van der Waals surface area contributed by atoms with Gasteiger partial charge in [0.1, 0.15) is 11.9 Å². The van der Waals surface area contributed by atoms with Crippen LogP contribution in [-0.2, 0) is 14.3 Å². The number of allylic oxidation sites excluding steroid dienone is 3. The van der Waals surface area contributed by atoms with Gasteiger partial charge in [-0.2, -0.15) is 0 Å². The number of nitrogens with zero attached hydrogens (tertiary/aromatic N) is 1. The average molecular weight is 459 g/mol. The number of carbonyl (C=O) groups is 1. The molecule has 0 bridgehead atoms. The number of benzene rings is 1. The molecule has 4 aliphatic rings. The molecule has 0 amide bonds. The fourth-order valence-electron chi connectivity index (χ4n) is 7.39. The summed E-state index contributed by atoms with van der Waals surface area (Å²) in [5.74, 6) is 2.14. The van der Waals surface area contributed by atoms with E-state index in [1.165, 1.54) is 21.9 Å². The second kappa shape index (κ2) is 8.31. The minimum absolute atomic E-state index is 0.0448. The summed E-state index contributed by atoms with van der Waals surface area (Å²) in [6.07, 6.45) is 10.7. The maximum Gasteiger partial charge on any atom is 0.166 e. The Balaban J connectivity index is 1.34. The van der Waals surface area contributed by atoms with Crippen LogP contribution in [0.2, 0.25) is 0 Å². The number of nitrogens with one attached hydrogen (secondary N) is 1. The molecule has 6 atom stereocenters. The van der Waals surface area contributed by atoms with E-state index in [0.29, 0.717) is 24.2 Å². The largest absolute Gasteiger partial charge is 0.489 e. The summed E-state index contributed by atoms with van der Waals surface area (Å²) < 4.78 is 12.9. The number of rotatable bonds is 4. The van der Waals surface area contributed by atoms with E-state index in [2.05, 4.69) is 47.6 Å². The molecule has 178 valence electrons. The van der Waals surface area contributed by atoms with Gasteiger partial charge in [-0.3, -0.25) is 9.78 Å². The fourth-order valence-corrected chi connectivity index (χ4v) is 7.39. The quantitative estimate of drug-likeness (QED) is 0.704. The van der Waals surface area contributed by atoms with Gasteiger partial charge >= 0.3 is 0 Å². The topological polar surface area (TPSA) is 60.5 Å². The van der Waals surface area contributed by atoms with Crippen molar-refractivity contribution in [2.45, 2.75) is 57.2 Å². The van der Waals surface area contributed by atoms with Crippen LogP contribution in [0.4, 0.5) is 0 Å². The van der Waals surface area contributed by atoms with Gasteiger partial charge in [-0.1, -0.05) is 19.1 Å². The summed E-state index contributed by atoms with van der Waals surface area (Å²) >= 11 is 0. The Morgan fingerprint density at radius 1 is 1.24 bits per heavy atom. The van der Waals surface area contributed by atoms with Crippen LogP contribution in [-0.4, -0.2) is 43.7 Å². The third-order valence-corrected chi connectivity index (χ3v) is 9.07. The van der Waals surface area contributed by atoms with Crippen molar-refractivity contribution in [3.8, 4) is 0 Å². The van der Waals surface area contributed by atoms with Crippen molar-refractivity contribution in [1.29, 1.82) is 0 Å². The molecule has 0 spiro atoms. The lowest BCUT2D eigenvalue weighted by atomic mass is 9.61. The van der Waals surface area contributed by atoms with E-state index in [1.807, 2.05) is 26.6 Å². The number of hydrogen-bond acceptors (Lipinski definition) is 5. The SMILES string of the molecule is CNCC1CC(=O)C2=C(C1)O[C@@H]1C(=C2)CC[C@@]2(C)[C@H]1C[C@@H](OC)[C@@H]2c1ccc2ccncc2c1. The Morgan fingerprint density at radius 3 is 2.94 bits per heavy atom. The zero-order valence-electron chi connectivity index (χ0n) is 20.3. The summed E-state index contributed by atoms with van der Waals surface area (Å²) in [5, 5.41) is 5.63. The molecule has 0 radical (unpaired) electrons. The standard InChI is InChI=1S/C29H34N2O3/c1-29-8-6-20-13-22-24(32)10-17(15-30-2)11-25(22)34-28(20)23(29)14-26(33-3)27(29)19-5-4-18-7-9-31-16-21(18)12-19/h4-5,7,9,12-13,16-17,23,26-28,30H,6,8,10-11,14-15H2,1-3H3/t17?,23-,26+,27-,28+,29-/m0/s1. The zero-order chi connectivity index (χ0) is 23.4. The molecule has 34 heavy (non-hydrogen) atoms. The molecule has 3 aliphatic carbocycles. The van der Waals surface area contributed by atoms with E-state index in [-0.39, 0.29) is 23.4 Å². The number of ether oxygens (including phenoxy) is 2. The predicted octanol–water partition coefficient (Wildman–Crippen LogP) is 4.93. The Bertz CT molecular complexity index is 1200. The molecule has 2 heterocycles. The Kier molecular flexibility index (Phi) is 5.38. The van der Waals surface area contributed by atoms with Crippen LogP contribution < -0.4 is 5.32 Å². The van der Waals surface area contributed by atoms with Crippen LogP contribution in [0.3, 0.4) is 0 Å². The number of aromatic nitrogens is 1. The van der Waals surface area contributed by atoms with Crippen molar-refractivity contribution in [3.63, 3.8) is 0 Å². The first-order valence-corrected chi connectivity index (χ1v) is 12.7. The van der Waals surface area contributed by atoms with Crippen LogP contribution in [0.1, 0.15) is 50.5 Å². The molecule has 1 N–H and O–H groups in total. The van der Waals surface area contributed by atoms with Crippen LogP contribution in [0, 0.1) is 17.3 Å². The van der Waals surface area contributed by atoms with E-state index in [0.717, 1.165) is 43.6 Å². The van der Waals surface area contributed by atoms with E-state index < -0.39 is 0 Å². The number of Topliss-reactive ketones (excluding diaryl/α,β-unsaturated/α-hetero) is 1. The monoisotopic (exact) mass is 458 g/mol. The zero-order valence-corrected chi connectivity index (χ0v) is 20.3. The van der Waals surface area contributed by atoms with Crippen LogP contribution in [0.15, 0.2) is 59.6 Å². The van der Waals surface area contributed by atoms with Gasteiger partial charge in [0.05, 0.1) is 11.7 Å². The van der Waals surface area contributed by atoms with Gasteiger partial charge in [0.15, 0.2) is 5.78 Å². The Morgan fingerprint density at radius 2 is 2.12 bits per heavy atom. The molecule has 0 saturated heterocycles. The van der Waals surface area contributed by atoms with Crippen LogP contribution >= 0.6 is 0 Å². The molecule has 1 aromatic carbocycles. The van der Waals surface area contributed by atoms with Gasteiger partial charge in [0.2, 0.25) is 0 Å². The minimum atomic E-state index is 0.0448. The first kappa shape index (κ1) is 22.0. The third kappa shape index (κ3) is 3.36. The first-order valence-electron chi connectivity index (χ1n) is 12.7. The van der Waals surface area contributed by atoms with Crippen molar-refractivity contribution in [3.05, 3.63) is 65.2 Å². The highest BCUT2D eigenvalue weighted by Crippen LogP contribution is 2.62. The van der Waals surface area contributed by atoms with Crippen molar-refractivity contribution < 1.29 is 14.3 Å². The summed E-state index contributed by atoms with van der Waals surface area (Å²) in [6.45, 7) is 3.29. The second-order valence-corrected chi connectivity index (χ2v) is 10.9. The minimum Gasteiger partial charge on any atom is -0.489 e. The van der Waals surface area contributed by atoms with Crippen molar-refractivity contribution in [1.82, 2.24) is 10.3 Å². The smallest absolute Gasteiger partial charge is 0.166 e. The average Bonchev–Trinajstić information content (AvgIpc) is 3.16. The van der Waals surface area contributed by atoms with E-state index >= 15 is 0 Å². The number of ketones is 1. The van der Waals surface area contributed by atoms with Gasteiger partial charge in [-0.15, -0.1) is 0 Å². The number of fused-ring (bicyclic) bond motifs is 4. The highest BCUT2D eigenvalue weighted by Gasteiger charge is 2.59. The van der Waals surface area contributed by atoms with E-state index in [1.54, 1.807) is 0 Å². The third-order valence-electron chi connectivity index (χ3n) is 9.07. The van der Waals surface area contributed by atoms with Gasteiger partial charge < -0.3 is 14.8 Å². The molecule has 2 fully saturated rings. The highest BCUT2D eigenvalue weighted by molar-refractivity contribution is 6.00. The molecule has 5 heteroatoms. The van der Waals surface area contributed by atoms with Crippen molar-refractivity contribution in [2.24, 2.45) is 17.3 Å². The molecule has 1 unspecified atom stereocenters. The fraction of sp³-hybridized carbons (Fsp3) is 0.517. The maximum atomic E-state index is 12.9. The lowest BCUT2D eigenvalue weighted by Crippen LogP contribution is -2.44. The first-order chi connectivity index (χ1) is 16.5. The molecule has 2 saturated carbocycles. The summed E-state index contributed by atoms with van der Waals surface area (Å²) in [7, 11) is 3.80. The summed E-state index contributed by atoms with van der Waals surface area (Å²) in [4.78, 5) is 17.2. The number of hydrogen-bond donors (Lipinski definition) is 1. The van der Waals surface area contributed by atoms with Crippen molar-refractivity contribution >= 4 is 16.6 Å². The lowest BCUT2D eigenvalue weighted by molar-refractivity contribution is -0.117. The van der Waals surface area contributed by atoms with Crippen LogP contribution in [0.25, 0.3) is 10.8 Å². The van der Waals surface area contributed by atoms with Crippen LogP contribution in [0.5, 0.6) is 0 Å². The van der Waals surface area contributed by atoms with E-state index in [4.69, 9.17) is 9.47 Å². The summed E-state index contributed by atoms with van der Waals surface area (Å²) in [6, 6.07) is 8.87. The maximum absolute atomic E-state index is 12.9. The van der Waals surface area contributed by atoms with Gasteiger partial charge in [-0.25, -0.2) is 0 Å². The second-order valence-electron chi connectivity index (χ2n) is 10.9. The van der Waals surface area contributed by atoms with Gasteiger partial charge in [-0.05, 0) is 78.9 Å². The van der Waals surface area contributed by atoms with Gasteiger partial charge in [0, 0.05) is 49.6 Å². The number of pyridine rings is 1. The van der Waals surface area contributed by atoms with Crippen molar-refractivity contribution in [2.75, 3.05) is 20.7 Å². The van der Waals surface area contributed by atoms with Gasteiger partial charge in [0.25, 0.3) is 0 Å². The number of carbonyl (C=O) groups excluding carboxylic acids is 1. The Hall–Kier alpha value is -2.50. The summed E-state index contributed by atoms with van der Waals surface area (Å²) in [5.41, 5.74) is 3.55. The lowest BCUT2D eigenvalue weighted by Gasteiger charge is -2.48. The van der Waals surface area contributed by atoms with E-state index in [9.17, 15) is 4.79 Å².